The first-order chi connectivity index (χ1) is 12.3. The summed E-state index contributed by atoms with van der Waals surface area (Å²) in [6.07, 6.45) is 1.20. The average molecular weight is 445 g/mol. The standard InChI is InChI=1S/C18H29BrN4O4/c1-17(2,3)26-15(24)13(23-16(25)27-18(4,5)6)7-8-21-14-12(20)9-11(19)10-22-14/h9-10,13H,7-8,20H2,1-6H3,(H,21,22)(H,23,25). The fourth-order valence-corrected chi connectivity index (χ4v) is 2.36. The summed E-state index contributed by atoms with van der Waals surface area (Å²) in [5.74, 6) is -0.0368. The van der Waals surface area contributed by atoms with Crippen LogP contribution in [-0.2, 0) is 14.3 Å². The van der Waals surface area contributed by atoms with Gasteiger partial charge < -0.3 is 25.8 Å². The Morgan fingerprint density at radius 3 is 2.30 bits per heavy atom. The Balaban J connectivity index is 2.75. The number of hydrogen-bond acceptors (Lipinski definition) is 7. The van der Waals surface area contributed by atoms with Crippen molar-refractivity contribution in [1.29, 1.82) is 0 Å². The molecule has 27 heavy (non-hydrogen) atoms. The zero-order valence-corrected chi connectivity index (χ0v) is 18.3. The minimum Gasteiger partial charge on any atom is -0.458 e. The third-order valence-electron chi connectivity index (χ3n) is 2.99. The van der Waals surface area contributed by atoms with Gasteiger partial charge in [-0.25, -0.2) is 14.6 Å². The van der Waals surface area contributed by atoms with Crippen LogP contribution in [0.15, 0.2) is 16.7 Å². The van der Waals surface area contributed by atoms with E-state index >= 15 is 0 Å². The molecule has 0 bridgehead atoms. The quantitative estimate of drug-likeness (QED) is 0.575. The van der Waals surface area contributed by atoms with Gasteiger partial charge in [0.15, 0.2) is 0 Å². The summed E-state index contributed by atoms with van der Waals surface area (Å²) in [6.45, 7) is 10.9. The van der Waals surface area contributed by atoms with Crippen molar-refractivity contribution in [1.82, 2.24) is 10.3 Å². The van der Waals surface area contributed by atoms with E-state index in [1.54, 1.807) is 53.8 Å². The molecule has 8 nitrogen and oxygen atoms in total. The number of halogens is 1. The van der Waals surface area contributed by atoms with Crippen molar-refractivity contribution in [2.75, 3.05) is 17.6 Å². The van der Waals surface area contributed by atoms with E-state index in [2.05, 4.69) is 31.5 Å². The minimum absolute atomic E-state index is 0.269. The number of alkyl carbamates (subject to hydrolysis) is 1. The van der Waals surface area contributed by atoms with Crippen molar-refractivity contribution in [2.24, 2.45) is 0 Å². The SMILES string of the molecule is CC(C)(C)OC(=O)NC(CCNc1ncc(Br)cc1N)C(=O)OC(C)(C)C. The molecular weight excluding hydrogens is 416 g/mol. The molecule has 0 spiro atoms. The Morgan fingerprint density at radius 2 is 1.78 bits per heavy atom. The second kappa shape index (κ2) is 9.25. The summed E-state index contributed by atoms with van der Waals surface area (Å²) >= 11 is 3.29. The van der Waals surface area contributed by atoms with Crippen molar-refractivity contribution in [2.45, 2.75) is 65.2 Å². The van der Waals surface area contributed by atoms with Crippen LogP contribution in [0.25, 0.3) is 0 Å². The molecule has 0 radical (unpaired) electrons. The number of carbonyl (C=O) groups excluding carboxylic acids is 2. The monoisotopic (exact) mass is 444 g/mol. The predicted molar refractivity (Wildman–Crippen MR) is 108 cm³/mol. The topological polar surface area (TPSA) is 116 Å². The highest BCUT2D eigenvalue weighted by Gasteiger charge is 2.28. The van der Waals surface area contributed by atoms with Gasteiger partial charge in [0.2, 0.25) is 0 Å². The zero-order valence-electron chi connectivity index (χ0n) is 16.7. The van der Waals surface area contributed by atoms with Crippen LogP contribution in [0.1, 0.15) is 48.0 Å². The Hall–Kier alpha value is -2.03. The molecule has 152 valence electrons. The van der Waals surface area contributed by atoms with Gasteiger partial charge in [-0.3, -0.25) is 0 Å². The first-order valence-electron chi connectivity index (χ1n) is 8.64. The lowest BCUT2D eigenvalue weighted by atomic mass is 10.1. The maximum Gasteiger partial charge on any atom is 0.408 e. The number of pyridine rings is 1. The lowest BCUT2D eigenvalue weighted by Gasteiger charge is -2.26. The molecule has 1 aromatic rings. The number of hydrogen-bond donors (Lipinski definition) is 3. The Bertz CT molecular complexity index is 668. The number of anilines is 2. The van der Waals surface area contributed by atoms with Gasteiger partial charge in [0.1, 0.15) is 23.1 Å². The van der Waals surface area contributed by atoms with Crippen molar-refractivity contribution in [3.05, 3.63) is 16.7 Å². The lowest BCUT2D eigenvalue weighted by Crippen LogP contribution is -2.46. The van der Waals surface area contributed by atoms with E-state index in [4.69, 9.17) is 15.2 Å². The number of carbonyl (C=O) groups is 2. The summed E-state index contributed by atoms with van der Waals surface area (Å²) in [5.41, 5.74) is 5.03. The molecule has 0 saturated carbocycles. The van der Waals surface area contributed by atoms with Crippen LogP contribution in [0.4, 0.5) is 16.3 Å². The van der Waals surface area contributed by atoms with Crippen LogP contribution in [0.5, 0.6) is 0 Å². The highest BCUT2D eigenvalue weighted by molar-refractivity contribution is 9.10. The molecule has 0 fully saturated rings. The van der Waals surface area contributed by atoms with Gasteiger partial charge in [0.25, 0.3) is 0 Å². The summed E-state index contributed by atoms with van der Waals surface area (Å²) in [6, 6.07) is 0.850. The van der Waals surface area contributed by atoms with E-state index in [1.807, 2.05) is 0 Å². The van der Waals surface area contributed by atoms with E-state index in [-0.39, 0.29) is 6.42 Å². The summed E-state index contributed by atoms with van der Waals surface area (Å²) < 4.78 is 11.4. The van der Waals surface area contributed by atoms with Gasteiger partial charge >= 0.3 is 12.1 Å². The number of amides is 1. The highest BCUT2D eigenvalue weighted by atomic mass is 79.9. The molecule has 1 unspecified atom stereocenters. The number of nitrogen functional groups attached to an aromatic ring is 1. The van der Waals surface area contributed by atoms with Crippen molar-refractivity contribution in [3.63, 3.8) is 0 Å². The van der Waals surface area contributed by atoms with E-state index in [1.165, 1.54) is 0 Å². The van der Waals surface area contributed by atoms with Gasteiger partial charge in [-0.2, -0.15) is 0 Å². The second-order valence-corrected chi connectivity index (χ2v) is 8.95. The van der Waals surface area contributed by atoms with Crippen LogP contribution in [0, 0.1) is 0 Å². The fraction of sp³-hybridized carbons (Fsp3) is 0.611. The molecule has 0 aliphatic carbocycles. The third kappa shape index (κ3) is 9.46. The molecule has 4 N–H and O–H groups in total. The molecule has 9 heteroatoms. The predicted octanol–water partition coefficient (Wildman–Crippen LogP) is 3.46. The van der Waals surface area contributed by atoms with E-state index in [0.29, 0.717) is 18.1 Å². The number of rotatable bonds is 6. The van der Waals surface area contributed by atoms with Crippen molar-refractivity contribution >= 4 is 39.5 Å². The van der Waals surface area contributed by atoms with Crippen molar-refractivity contribution < 1.29 is 19.1 Å². The van der Waals surface area contributed by atoms with Gasteiger partial charge in [0, 0.05) is 17.2 Å². The maximum absolute atomic E-state index is 12.4. The van der Waals surface area contributed by atoms with Crippen LogP contribution >= 0.6 is 15.9 Å². The number of nitrogens with one attached hydrogen (secondary N) is 2. The maximum atomic E-state index is 12.4. The summed E-state index contributed by atoms with van der Waals surface area (Å²) in [4.78, 5) is 28.7. The van der Waals surface area contributed by atoms with E-state index in [0.717, 1.165) is 4.47 Å². The minimum atomic E-state index is -0.872. The number of nitrogens with zero attached hydrogens (tertiary/aromatic N) is 1. The molecule has 1 heterocycles. The number of aromatic nitrogens is 1. The first kappa shape index (κ1) is 23.0. The van der Waals surface area contributed by atoms with Gasteiger partial charge in [-0.05, 0) is 70.0 Å². The second-order valence-electron chi connectivity index (χ2n) is 8.04. The first-order valence-corrected chi connectivity index (χ1v) is 9.43. The van der Waals surface area contributed by atoms with Crippen LogP contribution in [0.3, 0.4) is 0 Å². The largest absolute Gasteiger partial charge is 0.458 e. The molecule has 1 amide bonds. The van der Waals surface area contributed by atoms with Crippen LogP contribution in [0.2, 0.25) is 0 Å². The Morgan fingerprint density at radius 1 is 1.19 bits per heavy atom. The molecule has 0 aromatic carbocycles. The Labute approximate surface area is 168 Å². The fourth-order valence-electron chi connectivity index (χ4n) is 2.01. The summed E-state index contributed by atoms with van der Waals surface area (Å²) in [5, 5.41) is 5.62. The number of nitrogens with two attached hydrogens (primary N) is 1. The Kier molecular flexibility index (Phi) is 7.89. The molecule has 1 rings (SSSR count). The third-order valence-corrected chi connectivity index (χ3v) is 3.43. The van der Waals surface area contributed by atoms with Gasteiger partial charge in [0.05, 0.1) is 5.69 Å². The lowest BCUT2D eigenvalue weighted by molar-refractivity contribution is -0.157. The van der Waals surface area contributed by atoms with Crippen molar-refractivity contribution in [3.8, 4) is 0 Å². The molecule has 1 aromatic heterocycles. The van der Waals surface area contributed by atoms with Gasteiger partial charge in [-0.15, -0.1) is 0 Å². The smallest absolute Gasteiger partial charge is 0.408 e. The van der Waals surface area contributed by atoms with Gasteiger partial charge in [-0.1, -0.05) is 0 Å². The van der Waals surface area contributed by atoms with E-state index < -0.39 is 29.3 Å². The summed E-state index contributed by atoms with van der Waals surface area (Å²) in [7, 11) is 0. The highest BCUT2D eigenvalue weighted by Crippen LogP contribution is 2.20. The molecule has 1 atom stereocenters. The number of ether oxygens (including phenoxy) is 2. The molecular formula is C18H29BrN4O4. The molecule has 0 saturated heterocycles. The number of esters is 1. The molecule has 0 aliphatic heterocycles. The normalized spacial score (nSPS) is 12.9. The van der Waals surface area contributed by atoms with Crippen LogP contribution in [-0.4, -0.2) is 40.8 Å². The molecule has 0 aliphatic rings. The van der Waals surface area contributed by atoms with Crippen LogP contribution < -0.4 is 16.4 Å². The zero-order chi connectivity index (χ0) is 20.8. The van der Waals surface area contributed by atoms with E-state index in [9.17, 15) is 9.59 Å². The average Bonchev–Trinajstić information content (AvgIpc) is 2.44.